The Bertz CT molecular complexity index is 534. The zero-order valence-corrected chi connectivity index (χ0v) is 13.6. The van der Waals surface area contributed by atoms with E-state index in [0.717, 1.165) is 31.7 Å². The van der Waals surface area contributed by atoms with Gasteiger partial charge in [0.25, 0.3) is 0 Å². The first-order valence-electron chi connectivity index (χ1n) is 8.39. The second-order valence-corrected chi connectivity index (χ2v) is 6.65. The lowest BCUT2D eigenvalue weighted by molar-refractivity contribution is -0.117. The van der Waals surface area contributed by atoms with Gasteiger partial charge in [0.2, 0.25) is 5.91 Å². The largest absolute Gasteiger partial charge is 0.373 e. The number of benzene rings is 1. The molecule has 1 aromatic rings. The van der Waals surface area contributed by atoms with Gasteiger partial charge < -0.3 is 10.1 Å². The maximum Gasteiger partial charge on any atom is 0.225 e. The van der Waals surface area contributed by atoms with Crippen LogP contribution in [-0.4, -0.2) is 42.6 Å². The summed E-state index contributed by atoms with van der Waals surface area (Å²) in [4.78, 5) is 14.5. The molecule has 1 saturated heterocycles. The summed E-state index contributed by atoms with van der Waals surface area (Å²) in [6.07, 6.45) is 4.60. The first-order chi connectivity index (χ1) is 10.6. The summed E-state index contributed by atoms with van der Waals surface area (Å²) in [5.41, 5.74) is 3.78. The number of anilines is 1. The van der Waals surface area contributed by atoms with E-state index < -0.39 is 0 Å². The Labute approximate surface area is 132 Å². The zero-order chi connectivity index (χ0) is 15.5. The van der Waals surface area contributed by atoms with Crippen LogP contribution in [0.1, 0.15) is 37.8 Å². The van der Waals surface area contributed by atoms with Gasteiger partial charge in [-0.2, -0.15) is 0 Å². The minimum absolute atomic E-state index is 0.102. The number of carbonyl (C=O) groups is 1. The number of morpholine rings is 1. The van der Waals surface area contributed by atoms with Gasteiger partial charge in [0.1, 0.15) is 0 Å². The number of rotatable bonds is 4. The molecule has 1 heterocycles. The summed E-state index contributed by atoms with van der Waals surface area (Å²) in [6, 6.07) is 6.32. The molecule has 2 aliphatic rings. The lowest BCUT2D eigenvalue weighted by atomic mass is 10.1. The number of ether oxygens (including phenoxy) is 1. The van der Waals surface area contributed by atoms with Gasteiger partial charge in [0.15, 0.2) is 0 Å². The second-order valence-electron chi connectivity index (χ2n) is 6.65. The van der Waals surface area contributed by atoms with E-state index in [2.05, 4.69) is 36.2 Å². The number of aryl methyl sites for hydroxylation is 2. The minimum Gasteiger partial charge on any atom is -0.373 e. The van der Waals surface area contributed by atoms with Gasteiger partial charge >= 0.3 is 0 Å². The monoisotopic (exact) mass is 302 g/mol. The molecule has 1 N–H and O–H groups in total. The van der Waals surface area contributed by atoms with Crippen LogP contribution in [0.15, 0.2) is 18.2 Å². The van der Waals surface area contributed by atoms with Crippen molar-refractivity contribution >= 4 is 11.6 Å². The molecule has 4 heteroatoms. The maximum absolute atomic E-state index is 12.1. The zero-order valence-electron chi connectivity index (χ0n) is 13.6. The Hall–Kier alpha value is -1.39. The summed E-state index contributed by atoms with van der Waals surface area (Å²) < 4.78 is 5.72. The molecule has 3 rings (SSSR count). The molecule has 0 radical (unpaired) electrons. The lowest BCUT2D eigenvalue weighted by Gasteiger charge is -2.35. The first-order valence-corrected chi connectivity index (χ1v) is 8.39. The number of nitrogens with zero attached hydrogens (tertiary/aromatic N) is 1. The van der Waals surface area contributed by atoms with E-state index >= 15 is 0 Å². The van der Waals surface area contributed by atoms with Crippen molar-refractivity contribution < 1.29 is 9.53 Å². The third kappa shape index (κ3) is 3.87. The quantitative estimate of drug-likeness (QED) is 0.929. The number of fused-ring (bicyclic) bond motifs is 1. The van der Waals surface area contributed by atoms with Gasteiger partial charge in [-0.25, -0.2) is 0 Å². The van der Waals surface area contributed by atoms with Gasteiger partial charge in [-0.05, 0) is 56.4 Å². The molecule has 0 spiro atoms. The Morgan fingerprint density at radius 3 is 2.73 bits per heavy atom. The van der Waals surface area contributed by atoms with Gasteiger partial charge in [0.05, 0.1) is 12.2 Å². The van der Waals surface area contributed by atoms with Crippen LogP contribution in [0, 0.1) is 0 Å². The Kier molecular flexibility index (Phi) is 4.79. The van der Waals surface area contributed by atoms with Crippen LogP contribution in [0.4, 0.5) is 5.69 Å². The highest BCUT2D eigenvalue weighted by Crippen LogP contribution is 2.25. The summed E-state index contributed by atoms with van der Waals surface area (Å²) in [7, 11) is 0. The molecule has 1 aliphatic heterocycles. The summed E-state index contributed by atoms with van der Waals surface area (Å²) in [6.45, 7) is 6.81. The first kappa shape index (κ1) is 15.5. The molecule has 4 nitrogen and oxygen atoms in total. The fourth-order valence-electron chi connectivity index (χ4n) is 3.60. The molecule has 1 aromatic carbocycles. The van der Waals surface area contributed by atoms with Crippen molar-refractivity contribution in [1.82, 2.24) is 4.90 Å². The van der Waals surface area contributed by atoms with Crippen molar-refractivity contribution in [2.24, 2.45) is 0 Å². The van der Waals surface area contributed by atoms with Crippen molar-refractivity contribution in [2.75, 3.05) is 25.0 Å². The third-order valence-corrected chi connectivity index (χ3v) is 4.53. The maximum atomic E-state index is 12.1. The average Bonchev–Trinajstić information content (AvgIpc) is 2.92. The molecule has 0 unspecified atom stereocenters. The molecule has 120 valence electrons. The molecule has 1 fully saturated rings. The second kappa shape index (κ2) is 6.80. The summed E-state index contributed by atoms with van der Waals surface area (Å²) in [5.74, 6) is 0.102. The average molecular weight is 302 g/mol. The molecule has 1 aliphatic carbocycles. The van der Waals surface area contributed by atoms with Gasteiger partial charge in [-0.3, -0.25) is 9.69 Å². The van der Waals surface area contributed by atoms with Crippen molar-refractivity contribution in [2.45, 2.75) is 51.7 Å². The van der Waals surface area contributed by atoms with Crippen molar-refractivity contribution in [1.29, 1.82) is 0 Å². The molecule has 0 saturated carbocycles. The van der Waals surface area contributed by atoms with E-state index in [9.17, 15) is 4.79 Å². The SMILES string of the molecule is C[C@@H]1CN(CCC(=O)Nc2ccc3c(c2)CCC3)C[C@@H](C)O1. The van der Waals surface area contributed by atoms with E-state index in [1.807, 2.05) is 6.07 Å². The van der Waals surface area contributed by atoms with Crippen LogP contribution in [0.5, 0.6) is 0 Å². The molecule has 2 atom stereocenters. The highest BCUT2D eigenvalue weighted by Gasteiger charge is 2.22. The fourth-order valence-corrected chi connectivity index (χ4v) is 3.60. The van der Waals surface area contributed by atoms with Crippen molar-refractivity contribution in [3.05, 3.63) is 29.3 Å². The summed E-state index contributed by atoms with van der Waals surface area (Å²) in [5, 5.41) is 3.04. The smallest absolute Gasteiger partial charge is 0.225 e. The molecular formula is C18H26N2O2. The number of amides is 1. The Balaban J connectivity index is 1.48. The normalized spacial score (nSPS) is 25.0. The van der Waals surface area contributed by atoms with Crippen LogP contribution >= 0.6 is 0 Å². The van der Waals surface area contributed by atoms with Crippen molar-refractivity contribution in [3.63, 3.8) is 0 Å². The van der Waals surface area contributed by atoms with E-state index in [0.29, 0.717) is 6.42 Å². The lowest BCUT2D eigenvalue weighted by Crippen LogP contribution is -2.46. The molecule has 0 bridgehead atoms. The van der Waals surface area contributed by atoms with E-state index in [1.165, 1.54) is 24.0 Å². The number of hydrogen-bond donors (Lipinski definition) is 1. The van der Waals surface area contributed by atoms with E-state index in [4.69, 9.17) is 4.74 Å². The van der Waals surface area contributed by atoms with Gasteiger partial charge in [-0.15, -0.1) is 0 Å². The highest BCUT2D eigenvalue weighted by molar-refractivity contribution is 5.91. The highest BCUT2D eigenvalue weighted by atomic mass is 16.5. The molecule has 22 heavy (non-hydrogen) atoms. The molecule has 0 aromatic heterocycles. The van der Waals surface area contributed by atoms with E-state index in [1.54, 1.807) is 0 Å². The summed E-state index contributed by atoms with van der Waals surface area (Å²) >= 11 is 0. The van der Waals surface area contributed by atoms with Crippen molar-refractivity contribution in [3.8, 4) is 0 Å². The Morgan fingerprint density at radius 2 is 1.95 bits per heavy atom. The molecular weight excluding hydrogens is 276 g/mol. The standard InChI is InChI=1S/C18H26N2O2/c1-13-11-20(12-14(2)22-13)9-8-18(21)19-17-7-6-15-4-3-5-16(15)10-17/h6-7,10,13-14H,3-5,8-9,11-12H2,1-2H3,(H,19,21)/t13-,14-/m1/s1. The third-order valence-electron chi connectivity index (χ3n) is 4.53. The minimum atomic E-state index is 0.102. The Morgan fingerprint density at radius 1 is 1.23 bits per heavy atom. The van der Waals surface area contributed by atoms with Crippen LogP contribution in [-0.2, 0) is 22.4 Å². The number of hydrogen-bond acceptors (Lipinski definition) is 3. The van der Waals surface area contributed by atoms with Gasteiger partial charge in [0, 0.05) is 31.7 Å². The van der Waals surface area contributed by atoms with Crippen LogP contribution in [0.2, 0.25) is 0 Å². The van der Waals surface area contributed by atoms with Crippen LogP contribution < -0.4 is 5.32 Å². The molecule has 1 amide bonds. The topological polar surface area (TPSA) is 41.6 Å². The predicted molar refractivity (Wildman–Crippen MR) is 88.2 cm³/mol. The number of nitrogens with one attached hydrogen (secondary N) is 1. The fraction of sp³-hybridized carbons (Fsp3) is 0.611. The van der Waals surface area contributed by atoms with E-state index in [-0.39, 0.29) is 18.1 Å². The number of carbonyl (C=O) groups excluding carboxylic acids is 1. The predicted octanol–water partition coefficient (Wildman–Crippen LogP) is 2.61. The van der Waals surface area contributed by atoms with Crippen LogP contribution in [0.25, 0.3) is 0 Å². The van der Waals surface area contributed by atoms with Gasteiger partial charge in [-0.1, -0.05) is 6.07 Å². The van der Waals surface area contributed by atoms with Crippen LogP contribution in [0.3, 0.4) is 0 Å².